The molecule has 2 atom stereocenters. The van der Waals surface area contributed by atoms with Gasteiger partial charge >= 0.3 is 5.97 Å². The first-order valence-electron chi connectivity index (χ1n) is 13.8. The Bertz CT molecular complexity index is 353. The minimum Gasteiger partial charge on any atom is -0.465 e. The van der Waals surface area contributed by atoms with Crippen molar-refractivity contribution in [2.75, 3.05) is 6.61 Å². The van der Waals surface area contributed by atoms with Crippen molar-refractivity contribution in [3.63, 3.8) is 0 Å². The fourth-order valence-corrected chi connectivity index (χ4v) is 4.25. The highest BCUT2D eigenvalue weighted by Crippen LogP contribution is 2.21. The number of hydrogen-bond acceptors (Lipinski definition) is 2. The molecule has 0 aromatic heterocycles. The predicted molar refractivity (Wildman–Crippen MR) is 133 cm³/mol. The highest BCUT2D eigenvalue weighted by molar-refractivity contribution is 5.71. The van der Waals surface area contributed by atoms with Crippen molar-refractivity contribution < 1.29 is 9.53 Å². The third-order valence-electron chi connectivity index (χ3n) is 6.54. The van der Waals surface area contributed by atoms with Crippen molar-refractivity contribution in [1.29, 1.82) is 0 Å². The Morgan fingerprint density at radius 2 is 0.933 bits per heavy atom. The van der Waals surface area contributed by atoms with Crippen molar-refractivity contribution in [2.45, 2.75) is 156 Å². The molecule has 2 heteroatoms. The van der Waals surface area contributed by atoms with Crippen LogP contribution in [0.15, 0.2) is 0 Å². The Labute approximate surface area is 190 Å². The van der Waals surface area contributed by atoms with Crippen LogP contribution in [0.3, 0.4) is 0 Å². The van der Waals surface area contributed by atoms with Gasteiger partial charge in [0.05, 0.1) is 12.5 Å². The molecule has 30 heavy (non-hydrogen) atoms. The van der Waals surface area contributed by atoms with Crippen molar-refractivity contribution in [1.82, 2.24) is 0 Å². The predicted octanol–water partition coefficient (Wildman–Crippen LogP) is 9.64. The van der Waals surface area contributed by atoms with Crippen LogP contribution in [-0.2, 0) is 9.53 Å². The molecule has 2 unspecified atom stereocenters. The number of unbranched alkanes of at least 4 members (excludes halogenated alkanes) is 14. The van der Waals surface area contributed by atoms with E-state index in [1.165, 1.54) is 122 Å². The lowest BCUT2D eigenvalue weighted by Crippen LogP contribution is -2.20. The summed E-state index contributed by atoms with van der Waals surface area (Å²) in [7, 11) is 0. The maximum Gasteiger partial charge on any atom is 0.308 e. The first-order chi connectivity index (χ1) is 14.7. The Morgan fingerprint density at radius 1 is 0.567 bits per heavy atom. The standard InChI is InChI=1S/C28H56O2/c1-5-8-11-14-16-18-21-24-27(23-20-13-10-7-3)25-30-28(29)26(4)22-19-17-15-12-9-6-2/h26-27H,5-25H2,1-4H3. The van der Waals surface area contributed by atoms with Gasteiger partial charge in [-0.2, -0.15) is 0 Å². The zero-order valence-corrected chi connectivity index (χ0v) is 21.3. The van der Waals surface area contributed by atoms with Gasteiger partial charge < -0.3 is 4.74 Å². The van der Waals surface area contributed by atoms with Crippen LogP contribution in [0.2, 0.25) is 0 Å². The first-order valence-corrected chi connectivity index (χ1v) is 13.8. The summed E-state index contributed by atoms with van der Waals surface area (Å²) in [6.45, 7) is 9.51. The minimum absolute atomic E-state index is 0.0432. The first kappa shape index (κ1) is 29.5. The monoisotopic (exact) mass is 424 g/mol. The molecule has 0 N–H and O–H groups in total. The van der Waals surface area contributed by atoms with E-state index in [2.05, 4.69) is 27.7 Å². The summed E-state index contributed by atoms with van der Waals surface area (Å²) in [5.41, 5.74) is 0. The van der Waals surface area contributed by atoms with Gasteiger partial charge in [0.1, 0.15) is 0 Å². The molecule has 0 saturated carbocycles. The van der Waals surface area contributed by atoms with Crippen LogP contribution in [0.5, 0.6) is 0 Å². The quantitative estimate of drug-likeness (QED) is 0.120. The summed E-state index contributed by atoms with van der Waals surface area (Å²) in [5, 5.41) is 0. The maximum absolute atomic E-state index is 12.4. The second-order valence-corrected chi connectivity index (χ2v) is 9.71. The largest absolute Gasteiger partial charge is 0.465 e. The number of esters is 1. The third-order valence-corrected chi connectivity index (χ3v) is 6.54. The van der Waals surface area contributed by atoms with Gasteiger partial charge in [-0.05, 0) is 25.2 Å². The molecular formula is C28H56O2. The van der Waals surface area contributed by atoms with Crippen LogP contribution in [0, 0.1) is 11.8 Å². The summed E-state index contributed by atoms with van der Waals surface area (Å²) in [5.74, 6) is 0.680. The van der Waals surface area contributed by atoms with Gasteiger partial charge in [0.25, 0.3) is 0 Å². The van der Waals surface area contributed by atoms with E-state index in [-0.39, 0.29) is 11.9 Å². The van der Waals surface area contributed by atoms with Crippen molar-refractivity contribution in [2.24, 2.45) is 11.8 Å². The molecule has 0 spiro atoms. The summed E-state index contributed by atoms with van der Waals surface area (Å²) in [6, 6.07) is 0. The molecular weight excluding hydrogens is 368 g/mol. The van der Waals surface area contributed by atoms with Crippen LogP contribution in [0.1, 0.15) is 156 Å². The lowest BCUT2D eigenvalue weighted by molar-refractivity contribution is -0.149. The van der Waals surface area contributed by atoms with E-state index < -0.39 is 0 Å². The molecule has 0 saturated heterocycles. The van der Waals surface area contributed by atoms with Crippen LogP contribution in [0.4, 0.5) is 0 Å². The van der Waals surface area contributed by atoms with Gasteiger partial charge in [-0.25, -0.2) is 0 Å². The summed E-state index contributed by atoms with van der Waals surface area (Å²) in [6.07, 6.45) is 25.9. The molecule has 0 aliphatic carbocycles. The molecule has 0 radical (unpaired) electrons. The van der Waals surface area contributed by atoms with E-state index in [1.54, 1.807) is 0 Å². The average Bonchev–Trinajstić information content (AvgIpc) is 2.75. The average molecular weight is 425 g/mol. The molecule has 0 aromatic rings. The Hall–Kier alpha value is -0.530. The number of rotatable bonds is 23. The van der Waals surface area contributed by atoms with E-state index in [0.717, 1.165) is 6.42 Å². The van der Waals surface area contributed by atoms with Crippen LogP contribution in [-0.4, -0.2) is 12.6 Å². The smallest absolute Gasteiger partial charge is 0.308 e. The lowest BCUT2D eigenvalue weighted by atomic mass is 9.95. The summed E-state index contributed by atoms with van der Waals surface area (Å²) >= 11 is 0. The third kappa shape index (κ3) is 19.4. The Morgan fingerprint density at radius 3 is 1.40 bits per heavy atom. The summed E-state index contributed by atoms with van der Waals surface area (Å²) in [4.78, 5) is 12.4. The van der Waals surface area contributed by atoms with Crippen molar-refractivity contribution in [3.05, 3.63) is 0 Å². The normalized spacial score (nSPS) is 13.3. The molecule has 2 nitrogen and oxygen atoms in total. The van der Waals surface area contributed by atoms with Gasteiger partial charge in [-0.3, -0.25) is 4.79 Å². The van der Waals surface area contributed by atoms with Gasteiger partial charge in [0.2, 0.25) is 0 Å². The van der Waals surface area contributed by atoms with Crippen LogP contribution < -0.4 is 0 Å². The van der Waals surface area contributed by atoms with E-state index in [4.69, 9.17) is 4.74 Å². The van der Waals surface area contributed by atoms with Crippen LogP contribution in [0.25, 0.3) is 0 Å². The number of ether oxygens (including phenoxy) is 1. The fourth-order valence-electron chi connectivity index (χ4n) is 4.25. The molecule has 0 aliphatic rings. The van der Waals surface area contributed by atoms with E-state index in [9.17, 15) is 4.79 Å². The molecule has 180 valence electrons. The zero-order valence-electron chi connectivity index (χ0n) is 21.3. The second-order valence-electron chi connectivity index (χ2n) is 9.71. The number of carbonyl (C=O) groups excluding carboxylic acids is 1. The summed E-state index contributed by atoms with van der Waals surface area (Å²) < 4.78 is 5.79. The lowest BCUT2D eigenvalue weighted by Gasteiger charge is -2.19. The van der Waals surface area contributed by atoms with E-state index in [0.29, 0.717) is 12.5 Å². The maximum atomic E-state index is 12.4. The molecule has 0 amide bonds. The number of carbonyl (C=O) groups is 1. The van der Waals surface area contributed by atoms with Gasteiger partial charge in [0, 0.05) is 0 Å². The van der Waals surface area contributed by atoms with Gasteiger partial charge in [0.15, 0.2) is 0 Å². The topological polar surface area (TPSA) is 26.3 Å². The second kappa shape index (κ2) is 23.1. The van der Waals surface area contributed by atoms with Crippen LogP contribution >= 0.6 is 0 Å². The van der Waals surface area contributed by atoms with E-state index >= 15 is 0 Å². The molecule has 0 rings (SSSR count). The van der Waals surface area contributed by atoms with Crippen molar-refractivity contribution >= 4 is 5.97 Å². The molecule has 0 bridgehead atoms. The highest BCUT2D eigenvalue weighted by Gasteiger charge is 2.17. The molecule has 0 fully saturated rings. The highest BCUT2D eigenvalue weighted by atomic mass is 16.5. The zero-order chi connectivity index (χ0) is 22.3. The Balaban J connectivity index is 4.06. The molecule has 0 heterocycles. The minimum atomic E-state index is 0.0432. The van der Waals surface area contributed by atoms with E-state index in [1.807, 2.05) is 0 Å². The SMILES string of the molecule is CCCCCCCCCC(CCCCCC)COC(=O)C(C)CCCCCCCC. The fraction of sp³-hybridized carbons (Fsp3) is 0.964. The van der Waals surface area contributed by atoms with Crippen molar-refractivity contribution in [3.8, 4) is 0 Å². The Kier molecular flexibility index (Phi) is 22.7. The van der Waals surface area contributed by atoms with Gasteiger partial charge in [-0.15, -0.1) is 0 Å². The number of hydrogen-bond donors (Lipinski definition) is 0. The van der Waals surface area contributed by atoms with Gasteiger partial charge in [-0.1, -0.05) is 137 Å². The molecule has 0 aliphatic heterocycles. The molecule has 0 aromatic carbocycles.